The van der Waals surface area contributed by atoms with Crippen LogP contribution in [0.1, 0.15) is 46.1 Å². The third-order valence-corrected chi connectivity index (χ3v) is 7.31. The fourth-order valence-corrected chi connectivity index (χ4v) is 5.51. The van der Waals surface area contributed by atoms with Gasteiger partial charge in [0.25, 0.3) is 0 Å². The summed E-state index contributed by atoms with van der Waals surface area (Å²) in [7, 11) is 0. The lowest BCUT2D eigenvalue weighted by Crippen LogP contribution is -2.51. The van der Waals surface area contributed by atoms with Gasteiger partial charge in [-0.15, -0.1) is 0 Å². The maximum Gasteiger partial charge on any atom is 0.152 e. The highest BCUT2D eigenvalue weighted by Crippen LogP contribution is 2.34. The van der Waals surface area contributed by atoms with E-state index in [1.807, 2.05) is 69.3 Å². The van der Waals surface area contributed by atoms with Crippen molar-refractivity contribution in [1.29, 1.82) is 0 Å². The van der Waals surface area contributed by atoms with Crippen LogP contribution < -0.4 is 19.9 Å². The Balaban J connectivity index is 1.32. The van der Waals surface area contributed by atoms with Crippen molar-refractivity contribution in [1.82, 2.24) is 9.97 Å². The number of nitrogens with zero attached hydrogens (tertiary/aromatic N) is 3. The van der Waals surface area contributed by atoms with Crippen LogP contribution in [-0.4, -0.2) is 47.0 Å². The van der Waals surface area contributed by atoms with Crippen LogP contribution in [0.25, 0.3) is 10.9 Å². The van der Waals surface area contributed by atoms with Gasteiger partial charge in [-0.25, -0.2) is 9.37 Å². The van der Waals surface area contributed by atoms with Crippen molar-refractivity contribution in [2.45, 2.75) is 64.8 Å². The molecule has 0 radical (unpaired) electrons. The number of carbonyl (C=O) groups is 1. The van der Waals surface area contributed by atoms with Crippen molar-refractivity contribution >= 4 is 34.5 Å². The quantitative estimate of drug-likeness (QED) is 0.233. The number of ether oxygens (including phenoxy) is 1. The average Bonchev–Trinajstić information content (AvgIpc) is 3.36. The molecule has 1 fully saturated rings. The molecular formula is C32H38FN5O2. The predicted molar refractivity (Wildman–Crippen MR) is 160 cm³/mol. The lowest BCUT2D eigenvalue weighted by atomic mass is 9.96. The van der Waals surface area contributed by atoms with Gasteiger partial charge >= 0.3 is 0 Å². The van der Waals surface area contributed by atoms with Gasteiger partial charge in [-0.2, -0.15) is 0 Å². The summed E-state index contributed by atoms with van der Waals surface area (Å²) in [5, 5.41) is 4.44. The number of aldehydes is 1. The van der Waals surface area contributed by atoms with Gasteiger partial charge in [0.1, 0.15) is 30.3 Å². The Bertz CT molecular complexity index is 1450. The Labute approximate surface area is 235 Å². The number of fused-ring (bicyclic) bond motifs is 1. The maximum absolute atomic E-state index is 14.1. The standard InChI is InChI=1S/C32H38FN5O2/c1-5-37(31-29(36-32(2,3)4)17-24(33)19-34-31)25-13-14-38(26(18-25)20-39)30-16-23-15-27(11-12-28(23)35-30)40-21-22-9-7-6-8-10-22/h6-12,15-17,19-20,25-26,35-36H,5,13-14,18,21H2,1-4H3. The van der Waals surface area contributed by atoms with Crippen molar-refractivity contribution in [2.24, 2.45) is 0 Å². The molecular weight excluding hydrogens is 505 g/mol. The largest absolute Gasteiger partial charge is 0.489 e. The highest BCUT2D eigenvalue weighted by molar-refractivity contribution is 5.86. The summed E-state index contributed by atoms with van der Waals surface area (Å²) in [6.07, 6.45) is 3.78. The van der Waals surface area contributed by atoms with Crippen LogP contribution in [0.2, 0.25) is 0 Å². The van der Waals surface area contributed by atoms with Crippen molar-refractivity contribution in [3.05, 3.63) is 78.2 Å². The van der Waals surface area contributed by atoms with Crippen molar-refractivity contribution < 1.29 is 13.9 Å². The topological polar surface area (TPSA) is 73.5 Å². The molecule has 1 aliphatic heterocycles. The number of nitrogens with one attached hydrogen (secondary N) is 2. The van der Waals surface area contributed by atoms with E-state index in [9.17, 15) is 9.18 Å². The molecule has 2 unspecified atom stereocenters. The molecule has 1 saturated heterocycles. The van der Waals surface area contributed by atoms with E-state index in [0.29, 0.717) is 31.8 Å². The van der Waals surface area contributed by atoms with Gasteiger partial charge in [0.2, 0.25) is 0 Å². The van der Waals surface area contributed by atoms with Crippen LogP contribution in [0.5, 0.6) is 5.75 Å². The Morgan fingerprint density at radius 2 is 1.98 bits per heavy atom. The Morgan fingerprint density at radius 3 is 2.70 bits per heavy atom. The van der Waals surface area contributed by atoms with Crippen LogP contribution in [-0.2, 0) is 11.4 Å². The number of pyridine rings is 1. The summed E-state index contributed by atoms with van der Waals surface area (Å²) in [5.41, 5.74) is 2.53. The summed E-state index contributed by atoms with van der Waals surface area (Å²) in [6, 6.07) is 19.5. The van der Waals surface area contributed by atoms with E-state index < -0.39 is 0 Å². The van der Waals surface area contributed by atoms with Gasteiger partial charge in [0.05, 0.1) is 17.9 Å². The van der Waals surface area contributed by atoms with Crippen LogP contribution in [0.3, 0.4) is 0 Å². The molecule has 3 heterocycles. The van der Waals surface area contributed by atoms with E-state index in [0.717, 1.165) is 46.6 Å². The molecule has 0 bridgehead atoms. The van der Waals surface area contributed by atoms with Gasteiger partial charge in [-0.1, -0.05) is 30.3 Å². The second-order valence-corrected chi connectivity index (χ2v) is 11.4. The molecule has 8 heteroatoms. The van der Waals surface area contributed by atoms with E-state index in [2.05, 4.69) is 38.1 Å². The number of halogens is 1. The van der Waals surface area contributed by atoms with E-state index >= 15 is 0 Å². The molecule has 1 aliphatic rings. The van der Waals surface area contributed by atoms with E-state index in [1.54, 1.807) is 0 Å². The number of carbonyl (C=O) groups excluding carboxylic acids is 1. The maximum atomic E-state index is 14.1. The lowest BCUT2D eigenvalue weighted by molar-refractivity contribution is -0.109. The predicted octanol–water partition coefficient (Wildman–Crippen LogP) is 6.55. The molecule has 4 aromatic rings. The molecule has 0 spiro atoms. The molecule has 2 aromatic carbocycles. The number of anilines is 3. The van der Waals surface area contributed by atoms with Gasteiger partial charge in [-0.05, 0) is 70.4 Å². The van der Waals surface area contributed by atoms with Crippen LogP contribution in [0, 0.1) is 5.82 Å². The summed E-state index contributed by atoms with van der Waals surface area (Å²) >= 11 is 0. The van der Waals surface area contributed by atoms with Crippen LogP contribution in [0.4, 0.5) is 21.7 Å². The fourth-order valence-electron chi connectivity index (χ4n) is 5.51. The minimum absolute atomic E-state index is 0.0947. The van der Waals surface area contributed by atoms with Gasteiger partial charge in [0, 0.05) is 41.6 Å². The third kappa shape index (κ3) is 6.22. The first-order valence-corrected chi connectivity index (χ1v) is 14.0. The van der Waals surface area contributed by atoms with Crippen LogP contribution >= 0.6 is 0 Å². The Morgan fingerprint density at radius 1 is 1.18 bits per heavy atom. The molecule has 2 N–H and O–H groups in total. The van der Waals surface area contributed by atoms with Crippen molar-refractivity contribution in [3.8, 4) is 5.75 Å². The number of hydrogen-bond acceptors (Lipinski definition) is 6. The molecule has 210 valence electrons. The molecule has 7 nitrogen and oxygen atoms in total. The highest BCUT2D eigenvalue weighted by Gasteiger charge is 2.33. The number of aromatic amines is 1. The van der Waals surface area contributed by atoms with Crippen LogP contribution in [0.15, 0.2) is 66.9 Å². The monoisotopic (exact) mass is 543 g/mol. The first-order chi connectivity index (χ1) is 19.2. The van der Waals surface area contributed by atoms with Gasteiger partial charge < -0.3 is 29.6 Å². The number of aromatic nitrogens is 2. The fraction of sp³-hybridized carbons (Fsp3) is 0.375. The lowest BCUT2D eigenvalue weighted by Gasteiger charge is -2.43. The second kappa shape index (κ2) is 11.6. The Hall–Kier alpha value is -4.07. The van der Waals surface area contributed by atoms with Crippen molar-refractivity contribution in [3.63, 3.8) is 0 Å². The number of hydrogen-bond donors (Lipinski definition) is 2. The Kier molecular flexibility index (Phi) is 7.96. The van der Waals surface area contributed by atoms with E-state index in [1.165, 1.54) is 12.3 Å². The van der Waals surface area contributed by atoms with Gasteiger partial charge in [0.15, 0.2) is 5.82 Å². The summed E-state index contributed by atoms with van der Waals surface area (Å²) < 4.78 is 20.2. The zero-order valence-corrected chi connectivity index (χ0v) is 23.7. The number of piperidine rings is 1. The van der Waals surface area contributed by atoms with E-state index in [-0.39, 0.29) is 23.4 Å². The molecule has 0 aliphatic carbocycles. The summed E-state index contributed by atoms with van der Waals surface area (Å²) in [5.74, 6) is 2.07. The molecule has 0 amide bonds. The molecule has 5 rings (SSSR count). The highest BCUT2D eigenvalue weighted by atomic mass is 19.1. The first-order valence-electron chi connectivity index (χ1n) is 14.0. The number of benzene rings is 2. The smallest absolute Gasteiger partial charge is 0.152 e. The summed E-state index contributed by atoms with van der Waals surface area (Å²) in [4.78, 5) is 24.7. The zero-order valence-electron chi connectivity index (χ0n) is 23.7. The average molecular weight is 544 g/mol. The normalized spacial score (nSPS) is 17.6. The van der Waals surface area contributed by atoms with Gasteiger partial charge in [-0.3, -0.25) is 0 Å². The third-order valence-electron chi connectivity index (χ3n) is 7.31. The van der Waals surface area contributed by atoms with Crippen molar-refractivity contribution in [2.75, 3.05) is 28.2 Å². The SMILES string of the molecule is CCN(c1ncc(F)cc1NC(C)(C)C)C1CCN(c2cc3cc(OCc4ccccc4)ccc3[nH]2)C(C=O)C1. The number of rotatable bonds is 9. The molecule has 2 atom stereocenters. The molecule has 2 aromatic heterocycles. The second-order valence-electron chi connectivity index (χ2n) is 11.4. The minimum Gasteiger partial charge on any atom is -0.489 e. The summed E-state index contributed by atoms with van der Waals surface area (Å²) in [6.45, 7) is 10.1. The van der Waals surface area contributed by atoms with E-state index in [4.69, 9.17) is 4.74 Å². The number of H-pyrrole nitrogens is 1. The minimum atomic E-state index is -0.375. The molecule has 40 heavy (non-hydrogen) atoms. The molecule has 0 saturated carbocycles. The zero-order chi connectivity index (χ0) is 28.3. The first kappa shape index (κ1) is 27.5.